The van der Waals surface area contributed by atoms with Gasteiger partial charge < -0.3 is 10.7 Å². The van der Waals surface area contributed by atoms with Crippen molar-refractivity contribution in [1.29, 1.82) is 0 Å². The summed E-state index contributed by atoms with van der Waals surface area (Å²) in [5.74, 6) is 1.28. The van der Waals surface area contributed by atoms with Crippen LogP contribution in [0.3, 0.4) is 0 Å². The maximum atomic E-state index is 5.74. The van der Waals surface area contributed by atoms with E-state index in [0.717, 1.165) is 24.4 Å². The number of rotatable bonds is 3. The maximum absolute atomic E-state index is 5.74. The van der Waals surface area contributed by atoms with Gasteiger partial charge in [0.2, 0.25) is 0 Å². The standard InChI is InChI=1S/C12H12N6/c13-11-10-12(16-7-15-11)18-9(17-10)5-4-8-3-1-2-6-14-8/h1-3,6-7H,4-5H2,(H3,13,15,16,17,18). The highest BCUT2D eigenvalue weighted by molar-refractivity contribution is 5.80. The first-order valence-corrected chi connectivity index (χ1v) is 5.68. The predicted octanol–water partition coefficient (Wildman–Crippen LogP) is 1.12. The summed E-state index contributed by atoms with van der Waals surface area (Å²) in [6.07, 6.45) is 4.80. The molecular weight excluding hydrogens is 228 g/mol. The largest absolute Gasteiger partial charge is 0.382 e. The zero-order chi connectivity index (χ0) is 12.4. The van der Waals surface area contributed by atoms with Crippen LogP contribution in [0.5, 0.6) is 0 Å². The molecule has 0 aromatic carbocycles. The number of imidazole rings is 1. The third kappa shape index (κ3) is 2.00. The van der Waals surface area contributed by atoms with Crippen molar-refractivity contribution in [3.8, 4) is 0 Å². The Balaban J connectivity index is 1.81. The lowest BCUT2D eigenvalue weighted by atomic mass is 10.2. The summed E-state index contributed by atoms with van der Waals surface area (Å²) in [6.45, 7) is 0. The Labute approximate surface area is 103 Å². The SMILES string of the molecule is Nc1ncnc2nc(CCc3ccccn3)[nH]c12. The number of nitrogens with one attached hydrogen (secondary N) is 1. The highest BCUT2D eigenvalue weighted by Gasteiger charge is 2.07. The van der Waals surface area contributed by atoms with Gasteiger partial charge in [0.05, 0.1) is 0 Å². The fraction of sp³-hybridized carbons (Fsp3) is 0.167. The molecule has 18 heavy (non-hydrogen) atoms. The average Bonchev–Trinajstić information content (AvgIpc) is 2.82. The number of hydrogen-bond acceptors (Lipinski definition) is 5. The van der Waals surface area contributed by atoms with Gasteiger partial charge in [0.15, 0.2) is 11.5 Å². The number of aromatic nitrogens is 5. The Morgan fingerprint density at radius 1 is 1.11 bits per heavy atom. The molecule has 0 saturated carbocycles. The second kappa shape index (κ2) is 4.40. The van der Waals surface area contributed by atoms with Crippen LogP contribution >= 0.6 is 0 Å². The van der Waals surface area contributed by atoms with E-state index in [1.807, 2.05) is 18.2 Å². The van der Waals surface area contributed by atoms with Crippen LogP contribution in [0.1, 0.15) is 11.5 Å². The Morgan fingerprint density at radius 2 is 2.06 bits per heavy atom. The van der Waals surface area contributed by atoms with E-state index < -0.39 is 0 Å². The van der Waals surface area contributed by atoms with Crippen molar-refractivity contribution < 1.29 is 0 Å². The van der Waals surface area contributed by atoms with Crippen LogP contribution in [0.4, 0.5) is 5.82 Å². The lowest BCUT2D eigenvalue weighted by molar-refractivity contribution is 0.860. The van der Waals surface area contributed by atoms with Gasteiger partial charge in [-0.05, 0) is 18.6 Å². The second-order valence-corrected chi connectivity index (χ2v) is 3.96. The normalized spacial score (nSPS) is 10.9. The van der Waals surface area contributed by atoms with Crippen molar-refractivity contribution >= 4 is 17.0 Å². The molecule has 3 rings (SSSR count). The third-order valence-electron chi connectivity index (χ3n) is 2.71. The number of anilines is 1. The summed E-state index contributed by atoms with van der Waals surface area (Å²) in [4.78, 5) is 19.8. The van der Waals surface area contributed by atoms with Crippen LogP contribution in [-0.4, -0.2) is 24.9 Å². The summed E-state index contributed by atoms with van der Waals surface area (Å²) < 4.78 is 0. The first-order valence-electron chi connectivity index (χ1n) is 5.68. The summed E-state index contributed by atoms with van der Waals surface area (Å²) >= 11 is 0. The molecule has 6 heteroatoms. The number of nitrogens with two attached hydrogens (primary N) is 1. The first kappa shape index (κ1) is 10.6. The van der Waals surface area contributed by atoms with E-state index in [1.54, 1.807) is 6.20 Å². The number of hydrogen-bond donors (Lipinski definition) is 2. The Morgan fingerprint density at radius 3 is 2.83 bits per heavy atom. The van der Waals surface area contributed by atoms with Gasteiger partial charge in [-0.25, -0.2) is 15.0 Å². The van der Waals surface area contributed by atoms with Crippen molar-refractivity contribution in [3.63, 3.8) is 0 Å². The van der Waals surface area contributed by atoms with E-state index >= 15 is 0 Å². The van der Waals surface area contributed by atoms with Gasteiger partial charge >= 0.3 is 0 Å². The number of nitrogens with zero attached hydrogens (tertiary/aromatic N) is 4. The Bertz CT molecular complexity index is 661. The summed E-state index contributed by atoms with van der Waals surface area (Å²) in [7, 11) is 0. The molecule has 3 aromatic rings. The lowest BCUT2D eigenvalue weighted by Crippen LogP contribution is -1.95. The quantitative estimate of drug-likeness (QED) is 0.715. The molecule has 0 aliphatic rings. The van der Waals surface area contributed by atoms with Crippen molar-refractivity contribution in [1.82, 2.24) is 24.9 Å². The van der Waals surface area contributed by atoms with Crippen LogP contribution in [0.25, 0.3) is 11.2 Å². The summed E-state index contributed by atoms with van der Waals surface area (Å²) in [6, 6.07) is 5.88. The molecular formula is C12H12N6. The Kier molecular flexibility index (Phi) is 2.60. The van der Waals surface area contributed by atoms with Gasteiger partial charge in [0.1, 0.15) is 17.7 Å². The van der Waals surface area contributed by atoms with Crippen LogP contribution < -0.4 is 5.73 Å². The van der Waals surface area contributed by atoms with Crippen molar-refractivity contribution in [2.24, 2.45) is 0 Å². The van der Waals surface area contributed by atoms with Crippen molar-refractivity contribution in [2.75, 3.05) is 5.73 Å². The fourth-order valence-electron chi connectivity index (χ4n) is 1.81. The average molecular weight is 240 g/mol. The number of fused-ring (bicyclic) bond motifs is 1. The monoisotopic (exact) mass is 240 g/mol. The second-order valence-electron chi connectivity index (χ2n) is 3.96. The number of pyridine rings is 1. The number of nitrogen functional groups attached to an aromatic ring is 1. The zero-order valence-electron chi connectivity index (χ0n) is 9.67. The lowest BCUT2D eigenvalue weighted by Gasteiger charge is -1.96. The molecule has 3 aromatic heterocycles. The van der Waals surface area contributed by atoms with E-state index in [1.165, 1.54) is 6.33 Å². The minimum atomic E-state index is 0.427. The van der Waals surface area contributed by atoms with Gasteiger partial charge in [-0.1, -0.05) is 6.07 Å². The Hall–Kier alpha value is -2.50. The van der Waals surface area contributed by atoms with Gasteiger partial charge in [-0.15, -0.1) is 0 Å². The van der Waals surface area contributed by atoms with Crippen molar-refractivity contribution in [3.05, 3.63) is 42.2 Å². The van der Waals surface area contributed by atoms with E-state index in [0.29, 0.717) is 17.0 Å². The highest BCUT2D eigenvalue weighted by atomic mass is 15.0. The third-order valence-corrected chi connectivity index (χ3v) is 2.71. The van der Waals surface area contributed by atoms with Gasteiger partial charge in [0.25, 0.3) is 0 Å². The molecule has 0 amide bonds. The van der Waals surface area contributed by atoms with Gasteiger partial charge in [-0.2, -0.15) is 0 Å². The van der Waals surface area contributed by atoms with Crippen LogP contribution in [-0.2, 0) is 12.8 Å². The van der Waals surface area contributed by atoms with Gasteiger partial charge in [0, 0.05) is 18.3 Å². The summed E-state index contributed by atoms with van der Waals surface area (Å²) in [5.41, 5.74) is 8.09. The van der Waals surface area contributed by atoms with Gasteiger partial charge in [-0.3, -0.25) is 4.98 Å². The molecule has 0 aliphatic carbocycles. The smallest absolute Gasteiger partial charge is 0.183 e. The van der Waals surface area contributed by atoms with E-state index in [4.69, 9.17) is 5.73 Å². The maximum Gasteiger partial charge on any atom is 0.183 e. The van der Waals surface area contributed by atoms with E-state index in [2.05, 4.69) is 24.9 Å². The number of aryl methyl sites for hydroxylation is 2. The van der Waals surface area contributed by atoms with Crippen LogP contribution in [0.2, 0.25) is 0 Å². The molecule has 0 aliphatic heterocycles. The fourth-order valence-corrected chi connectivity index (χ4v) is 1.81. The molecule has 0 saturated heterocycles. The molecule has 90 valence electrons. The highest BCUT2D eigenvalue weighted by Crippen LogP contribution is 2.14. The minimum Gasteiger partial charge on any atom is -0.382 e. The molecule has 3 heterocycles. The molecule has 0 bridgehead atoms. The summed E-state index contributed by atoms with van der Waals surface area (Å²) in [5, 5.41) is 0. The number of aromatic amines is 1. The zero-order valence-corrected chi connectivity index (χ0v) is 9.67. The minimum absolute atomic E-state index is 0.427. The molecule has 0 fully saturated rings. The molecule has 0 atom stereocenters. The van der Waals surface area contributed by atoms with E-state index in [9.17, 15) is 0 Å². The predicted molar refractivity (Wildman–Crippen MR) is 67.7 cm³/mol. The molecule has 3 N–H and O–H groups in total. The molecule has 0 unspecified atom stereocenters. The van der Waals surface area contributed by atoms with Crippen LogP contribution in [0.15, 0.2) is 30.7 Å². The molecule has 0 spiro atoms. The van der Waals surface area contributed by atoms with Crippen LogP contribution in [0, 0.1) is 0 Å². The first-order chi connectivity index (χ1) is 8.83. The molecule has 6 nitrogen and oxygen atoms in total. The number of H-pyrrole nitrogens is 1. The topological polar surface area (TPSA) is 93.4 Å². The van der Waals surface area contributed by atoms with Crippen molar-refractivity contribution in [2.45, 2.75) is 12.8 Å². The molecule has 0 radical (unpaired) electrons. The van der Waals surface area contributed by atoms with E-state index in [-0.39, 0.29) is 0 Å².